The van der Waals surface area contributed by atoms with Crippen LogP contribution in [-0.2, 0) is 16.1 Å². The van der Waals surface area contributed by atoms with Crippen molar-refractivity contribution in [2.24, 2.45) is 0 Å². The van der Waals surface area contributed by atoms with Gasteiger partial charge in [0.25, 0.3) is 5.91 Å². The molecule has 1 aromatic rings. The van der Waals surface area contributed by atoms with Gasteiger partial charge in [0, 0.05) is 12.1 Å². The van der Waals surface area contributed by atoms with Gasteiger partial charge in [0.2, 0.25) is 5.91 Å². The lowest BCUT2D eigenvalue weighted by molar-refractivity contribution is -1.02. The Morgan fingerprint density at radius 2 is 1.61 bits per heavy atom. The van der Waals surface area contributed by atoms with E-state index in [9.17, 15) is 9.59 Å². The number of carbonyl (C=O) groups is 2. The van der Waals surface area contributed by atoms with Gasteiger partial charge in [-0.25, -0.2) is 0 Å². The molecule has 4 N–H and O–H groups in total. The largest absolute Gasteiger partial charge is 0.354 e. The standard InChI is InChI=1S/C22H36N4O2/c1-5-10-23-22(28)18(4)24-21(27)16-26-13-11-25(12-14-26)15-19-6-8-20(9-7-19)17(2)3/h6-9,17-18H,5,10-16H2,1-4H3,(H,23,28)(H,24,27)/p+2/t18-/m1/s1. The van der Waals surface area contributed by atoms with Crippen molar-refractivity contribution in [2.75, 3.05) is 39.3 Å². The van der Waals surface area contributed by atoms with Gasteiger partial charge >= 0.3 is 0 Å². The molecule has 1 atom stereocenters. The molecule has 0 bridgehead atoms. The number of hydrogen-bond donors (Lipinski definition) is 4. The predicted molar refractivity (Wildman–Crippen MR) is 111 cm³/mol. The van der Waals surface area contributed by atoms with Crippen molar-refractivity contribution < 1.29 is 19.4 Å². The Labute approximate surface area is 169 Å². The number of amides is 2. The molecule has 6 nitrogen and oxygen atoms in total. The van der Waals surface area contributed by atoms with Gasteiger partial charge in [-0.1, -0.05) is 45.0 Å². The zero-order valence-corrected chi connectivity index (χ0v) is 17.9. The number of piperazine rings is 1. The average molecular weight is 391 g/mol. The highest BCUT2D eigenvalue weighted by Gasteiger charge is 2.26. The molecule has 0 spiro atoms. The first-order chi connectivity index (χ1) is 13.4. The first kappa shape index (κ1) is 22.4. The van der Waals surface area contributed by atoms with Gasteiger partial charge in [0.05, 0.1) is 0 Å². The maximum atomic E-state index is 12.2. The van der Waals surface area contributed by atoms with Crippen LogP contribution in [0.2, 0.25) is 0 Å². The van der Waals surface area contributed by atoms with Crippen LogP contribution in [0.5, 0.6) is 0 Å². The summed E-state index contributed by atoms with van der Waals surface area (Å²) in [5.74, 6) is 0.421. The predicted octanol–water partition coefficient (Wildman–Crippen LogP) is -0.876. The van der Waals surface area contributed by atoms with Crippen LogP contribution in [0.4, 0.5) is 0 Å². The van der Waals surface area contributed by atoms with Gasteiger partial charge in [-0.15, -0.1) is 0 Å². The normalized spacial score (nSPS) is 20.6. The molecule has 6 heteroatoms. The van der Waals surface area contributed by atoms with E-state index in [4.69, 9.17) is 0 Å². The lowest BCUT2D eigenvalue weighted by Gasteiger charge is -2.29. The molecule has 1 heterocycles. The van der Waals surface area contributed by atoms with Crippen LogP contribution in [0, 0.1) is 0 Å². The van der Waals surface area contributed by atoms with Gasteiger partial charge < -0.3 is 20.4 Å². The van der Waals surface area contributed by atoms with E-state index in [0.29, 0.717) is 19.0 Å². The van der Waals surface area contributed by atoms with E-state index in [1.807, 2.05) is 6.92 Å². The zero-order chi connectivity index (χ0) is 20.5. The minimum Gasteiger partial charge on any atom is -0.354 e. The second kappa shape index (κ2) is 11.2. The number of nitrogens with one attached hydrogen (secondary N) is 4. The summed E-state index contributed by atoms with van der Waals surface area (Å²) >= 11 is 0. The summed E-state index contributed by atoms with van der Waals surface area (Å²) in [6, 6.07) is 8.51. The van der Waals surface area contributed by atoms with Gasteiger partial charge in [-0.2, -0.15) is 0 Å². The summed E-state index contributed by atoms with van der Waals surface area (Å²) in [4.78, 5) is 27.0. The Bertz CT molecular complexity index is 622. The van der Waals surface area contributed by atoms with E-state index < -0.39 is 6.04 Å². The molecule has 1 aromatic carbocycles. The first-order valence-electron chi connectivity index (χ1n) is 10.7. The second-order valence-corrected chi connectivity index (χ2v) is 8.33. The van der Waals surface area contributed by atoms with Crippen molar-refractivity contribution in [3.63, 3.8) is 0 Å². The summed E-state index contributed by atoms with van der Waals surface area (Å²) in [5.41, 5.74) is 2.77. The highest BCUT2D eigenvalue weighted by atomic mass is 16.2. The van der Waals surface area contributed by atoms with E-state index in [2.05, 4.69) is 48.7 Å². The molecular weight excluding hydrogens is 352 g/mol. The lowest BCUT2D eigenvalue weighted by Crippen LogP contribution is -3.28. The van der Waals surface area contributed by atoms with Gasteiger partial charge in [-0.05, 0) is 24.8 Å². The molecule has 1 aliphatic rings. The van der Waals surface area contributed by atoms with Gasteiger partial charge in [0.1, 0.15) is 38.8 Å². The van der Waals surface area contributed by atoms with Crippen LogP contribution in [0.15, 0.2) is 24.3 Å². The minimum absolute atomic E-state index is 0.0399. The molecule has 1 fully saturated rings. The third kappa shape index (κ3) is 7.24. The maximum absolute atomic E-state index is 12.2. The Hall–Kier alpha value is -1.92. The molecule has 0 aromatic heterocycles. The summed E-state index contributed by atoms with van der Waals surface area (Å²) < 4.78 is 0. The van der Waals surface area contributed by atoms with Crippen molar-refractivity contribution in [3.8, 4) is 0 Å². The van der Waals surface area contributed by atoms with E-state index >= 15 is 0 Å². The fourth-order valence-corrected chi connectivity index (χ4v) is 3.61. The third-order valence-corrected chi connectivity index (χ3v) is 5.50. The van der Waals surface area contributed by atoms with E-state index in [0.717, 1.165) is 39.1 Å². The Morgan fingerprint density at radius 3 is 2.18 bits per heavy atom. The van der Waals surface area contributed by atoms with Crippen LogP contribution < -0.4 is 20.4 Å². The molecule has 1 saturated heterocycles. The summed E-state index contributed by atoms with van der Waals surface area (Å²) in [6.07, 6.45) is 0.894. The van der Waals surface area contributed by atoms with Crippen LogP contribution in [-0.4, -0.2) is 57.1 Å². The summed E-state index contributed by atoms with van der Waals surface area (Å²) in [5, 5.41) is 5.64. The Kier molecular flexibility index (Phi) is 8.93. The topological polar surface area (TPSA) is 67.1 Å². The van der Waals surface area contributed by atoms with Crippen LogP contribution in [0.1, 0.15) is 51.2 Å². The summed E-state index contributed by atoms with van der Waals surface area (Å²) in [6.45, 7) is 14.5. The molecule has 2 amide bonds. The molecule has 0 radical (unpaired) electrons. The molecule has 1 aliphatic heterocycles. The zero-order valence-electron chi connectivity index (χ0n) is 17.9. The van der Waals surface area contributed by atoms with Crippen LogP contribution in [0.25, 0.3) is 0 Å². The van der Waals surface area contributed by atoms with E-state index in [1.165, 1.54) is 16.0 Å². The lowest BCUT2D eigenvalue weighted by atomic mass is 10.0. The molecule has 28 heavy (non-hydrogen) atoms. The number of rotatable bonds is 9. The highest BCUT2D eigenvalue weighted by Crippen LogP contribution is 2.14. The third-order valence-electron chi connectivity index (χ3n) is 5.50. The smallest absolute Gasteiger partial charge is 0.275 e. The quantitative estimate of drug-likeness (QED) is 0.443. The monoisotopic (exact) mass is 390 g/mol. The van der Waals surface area contributed by atoms with E-state index in [-0.39, 0.29) is 11.8 Å². The number of quaternary nitrogens is 2. The maximum Gasteiger partial charge on any atom is 0.275 e. The molecule has 0 unspecified atom stereocenters. The number of carbonyl (C=O) groups excluding carboxylic acids is 2. The molecule has 156 valence electrons. The van der Waals surface area contributed by atoms with Gasteiger partial charge in [0.15, 0.2) is 6.54 Å². The number of hydrogen-bond acceptors (Lipinski definition) is 2. The van der Waals surface area contributed by atoms with Crippen molar-refractivity contribution >= 4 is 11.8 Å². The van der Waals surface area contributed by atoms with Crippen molar-refractivity contribution in [1.29, 1.82) is 0 Å². The Morgan fingerprint density at radius 1 is 1.00 bits per heavy atom. The van der Waals surface area contributed by atoms with Gasteiger partial charge in [-0.3, -0.25) is 9.59 Å². The van der Waals surface area contributed by atoms with Crippen molar-refractivity contribution in [3.05, 3.63) is 35.4 Å². The minimum atomic E-state index is -0.473. The average Bonchev–Trinajstić information content (AvgIpc) is 2.67. The fraction of sp³-hybridized carbons (Fsp3) is 0.636. The SMILES string of the molecule is CCCNC(=O)[C@@H](C)NC(=O)C[NH+]1CC[NH+](Cc2ccc(C(C)C)cc2)CC1. The van der Waals surface area contributed by atoms with Crippen LogP contribution >= 0.6 is 0 Å². The van der Waals surface area contributed by atoms with E-state index in [1.54, 1.807) is 11.8 Å². The fourth-order valence-electron chi connectivity index (χ4n) is 3.61. The molecule has 0 aliphatic carbocycles. The van der Waals surface area contributed by atoms with Crippen LogP contribution in [0.3, 0.4) is 0 Å². The second-order valence-electron chi connectivity index (χ2n) is 8.33. The Balaban J connectivity index is 1.70. The summed E-state index contributed by atoms with van der Waals surface area (Å²) in [7, 11) is 0. The first-order valence-corrected chi connectivity index (χ1v) is 10.7. The molecular formula is C22H38N4O2+2. The van der Waals surface area contributed by atoms with Crippen molar-refractivity contribution in [2.45, 2.75) is 52.6 Å². The highest BCUT2D eigenvalue weighted by molar-refractivity contribution is 5.87. The molecule has 0 saturated carbocycles. The number of benzene rings is 1. The van der Waals surface area contributed by atoms with Crippen molar-refractivity contribution in [1.82, 2.24) is 10.6 Å². The molecule has 2 rings (SSSR count).